The minimum Gasteiger partial charge on any atom is -0.383 e. The number of pyridine rings is 1. The second-order valence-corrected chi connectivity index (χ2v) is 6.92. The lowest BCUT2D eigenvalue weighted by molar-refractivity contribution is 0.177. The van der Waals surface area contributed by atoms with E-state index in [-0.39, 0.29) is 30.2 Å². The fraction of sp³-hybridized carbons (Fsp3) is 0.312. The second kappa shape index (κ2) is 7.63. The number of rotatable bonds is 7. The zero-order chi connectivity index (χ0) is 16.9. The molecule has 2 rings (SSSR count). The summed E-state index contributed by atoms with van der Waals surface area (Å²) in [5.74, 6) is -0.546. The van der Waals surface area contributed by atoms with Gasteiger partial charge >= 0.3 is 0 Å². The van der Waals surface area contributed by atoms with Crippen LogP contribution in [0.2, 0.25) is 0 Å². The van der Waals surface area contributed by atoms with Crippen LogP contribution < -0.4 is 0 Å². The summed E-state index contributed by atoms with van der Waals surface area (Å²) in [6.07, 6.45) is 1.60. The molecule has 0 aliphatic heterocycles. The number of hydrogen-bond donors (Lipinski definition) is 0. The molecule has 1 heterocycles. The summed E-state index contributed by atoms with van der Waals surface area (Å²) < 4.78 is 45.8. The van der Waals surface area contributed by atoms with Crippen LogP contribution in [0.25, 0.3) is 0 Å². The molecule has 0 unspecified atom stereocenters. The van der Waals surface area contributed by atoms with Crippen molar-refractivity contribution in [1.29, 1.82) is 0 Å². The standard InChI is InChI=1S/C16H19FN2O3S/c1-13-15(17)7-5-8-16(13)23(20,21)19(10-11-22-2)12-14-6-3-4-9-18-14/h3-9H,10-12H2,1-2H3. The minimum absolute atomic E-state index is 0.0375. The van der Waals surface area contributed by atoms with Crippen molar-refractivity contribution in [2.75, 3.05) is 20.3 Å². The Morgan fingerprint density at radius 2 is 2.00 bits per heavy atom. The topological polar surface area (TPSA) is 59.5 Å². The third-order valence-corrected chi connectivity index (χ3v) is 5.43. The Bertz CT molecular complexity index is 751. The van der Waals surface area contributed by atoms with Gasteiger partial charge in [0.1, 0.15) is 5.82 Å². The molecule has 0 atom stereocenters. The lowest BCUT2D eigenvalue weighted by Crippen LogP contribution is -2.34. The fourth-order valence-corrected chi connectivity index (χ4v) is 3.79. The van der Waals surface area contributed by atoms with Gasteiger partial charge in [-0.3, -0.25) is 4.98 Å². The molecular formula is C16H19FN2O3S. The highest BCUT2D eigenvalue weighted by molar-refractivity contribution is 7.89. The van der Waals surface area contributed by atoms with Crippen LogP contribution in [0, 0.1) is 12.7 Å². The van der Waals surface area contributed by atoms with Crippen molar-refractivity contribution in [1.82, 2.24) is 9.29 Å². The van der Waals surface area contributed by atoms with E-state index in [9.17, 15) is 12.8 Å². The van der Waals surface area contributed by atoms with Crippen molar-refractivity contribution in [3.8, 4) is 0 Å². The quantitative estimate of drug-likeness (QED) is 0.778. The molecule has 0 amide bonds. The first-order chi connectivity index (χ1) is 11.0. The summed E-state index contributed by atoms with van der Waals surface area (Å²) in [6.45, 7) is 1.95. The molecule has 1 aromatic carbocycles. The number of benzene rings is 1. The monoisotopic (exact) mass is 338 g/mol. The number of aromatic nitrogens is 1. The number of ether oxygens (including phenoxy) is 1. The molecule has 1 aromatic heterocycles. The summed E-state index contributed by atoms with van der Waals surface area (Å²) in [7, 11) is -2.35. The average Bonchev–Trinajstić information content (AvgIpc) is 2.54. The fourth-order valence-electron chi connectivity index (χ4n) is 2.16. The molecule has 0 bridgehead atoms. The lowest BCUT2D eigenvalue weighted by atomic mass is 10.2. The van der Waals surface area contributed by atoms with Gasteiger partial charge in [-0.05, 0) is 31.2 Å². The molecule has 7 heteroatoms. The zero-order valence-corrected chi connectivity index (χ0v) is 13.9. The molecule has 2 aromatic rings. The van der Waals surface area contributed by atoms with Crippen LogP contribution in [0.3, 0.4) is 0 Å². The van der Waals surface area contributed by atoms with Gasteiger partial charge in [-0.1, -0.05) is 12.1 Å². The van der Waals surface area contributed by atoms with Crippen molar-refractivity contribution in [3.05, 3.63) is 59.7 Å². The Hall–Kier alpha value is -1.83. The van der Waals surface area contributed by atoms with Gasteiger partial charge in [-0.15, -0.1) is 0 Å². The Kier molecular flexibility index (Phi) is 5.81. The SMILES string of the molecule is COCCN(Cc1ccccn1)S(=O)(=O)c1cccc(F)c1C. The molecule has 23 heavy (non-hydrogen) atoms. The van der Waals surface area contributed by atoms with Crippen LogP contribution >= 0.6 is 0 Å². The molecule has 0 N–H and O–H groups in total. The van der Waals surface area contributed by atoms with Gasteiger partial charge in [0.15, 0.2) is 0 Å². The van der Waals surface area contributed by atoms with E-state index in [2.05, 4.69) is 4.98 Å². The molecule has 0 aliphatic carbocycles. The van der Waals surface area contributed by atoms with Crippen molar-refractivity contribution < 1.29 is 17.5 Å². The number of sulfonamides is 1. The van der Waals surface area contributed by atoms with Crippen LogP contribution in [-0.2, 0) is 21.3 Å². The van der Waals surface area contributed by atoms with Gasteiger partial charge in [0.05, 0.1) is 23.7 Å². The maximum atomic E-state index is 13.7. The second-order valence-electron chi connectivity index (χ2n) is 5.02. The van der Waals surface area contributed by atoms with E-state index < -0.39 is 15.8 Å². The Balaban J connectivity index is 2.38. The first-order valence-electron chi connectivity index (χ1n) is 7.11. The van der Waals surface area contributed by atoms with Crippen molar-refractivity contribution >= 4 is 10.0 Å². The van der Waals surface area contributed by atoms with Gasteiger partial charge < -0.3 is 4.74 Å². The van der Waals surface area contributed by atoms with E-state index in [1.807, 2.05) is 0 Å². The van der Waals surface area contributed by atoms with Crippen molar-refractivity contribution in [2.24, 2.45) is 0 Å². The number of methoxy groups -OCH3 is 1. The number of halogens is 1. The van der Waals surface area contributed by atoms with Crippen LogP contribution in [0.1, 0.15) is 11.3 Å². The largest absolute Gasteiger partial charge is 0.383 e. The molecule has 0 saturated heterocycles. The summed E-state index contributed by atoms with van der Waals surface area (Å²) in [4.78, 5) is 4.12. The maximum Gasteiger partial charge on any atom is 0.243 e. The highest BCUT2D eigenvalue weighted by atomic mass is 32.2. The smallest absolute Gasteiger partial charge is 0.243 e. The molecule has 0 saturated carbocycles. The van der Waals surface area contributed by atoms with Gasteiger partial charge in [-0.2, -0.15) is 4.31 Å². The molecule has 0 spiro atoms. The zero-order valence-electron chi connectivity index (χ0n) is 13.1. The van der Waals surface area contributed by atoms with Gasteiger partial charge in [0.25, 0.3) is 0 Å². The average molecular weight is 338 g/mol. The third-order valence-electron chi connectivity index (χ3n) is 3.45. The normalized spacial score (nSPS) is 11.8. The lowest BCUT2D eigenvalue weighted by Gasteiger charge is -2.22. The molecule has 0 radical (unpaired) electrons. The third kappa shape index (κ3) is 4.13. The Morgan fingerprint density at radius 1 is 1.22 bits per heavy atom. The van der Waals surface area contributed by atoms with Crippen molar-refractivity contribution in [3.63, 3.8) is 0 Å². The predicted octanol–water partition coefficient (Wildman–Crippen LogP) is 2.37. The van der Waals surface area contributed by atoms with E-state index in [1.165, 1.54) is 36.5 Å². The first-order valence-corrected chi connectivity index (χ1v) is 8.55. The van der Waals surface area contributed by atoms with E-state index in [0.29, 0.717) is 5.69 Å². The van der Waals surface area contributed by atoms with E-state index >= 15 is 0 Å². The maximum absolute atomic E-state index is 13.7. The number of nitrogens with zero attached hydrogens (tertiary/aromatic N) is 2. The molecule has 124 valence electrons. The number of hydrogen-bond acceptors (Lipinski definition) is 4. The van der Waals surface area contributed by atoms with Gasteiger partial charge in [0.2, 0.25) is 10.0 Å². The minimum atomic E-state index is -3.85. The Morgan fingerprint density at radius 3 is 2.65 bits per heavy atom. The molecule has 5 nitrogen and oxygen atoms in total. The summed E-state index contributed by atoms with van der Waals surface area (Å²) in [5, 5.41) is 0. The highest BCUT2D eigenvalue weighted by Gasteiger charge is 2.27. The van der Waals surface area contributed by atoms with E-state index in [0.717, 1.165) is 0 Å². The van der Waals surface area contributed by atoms with Crippen molar-refractivity contribution in [2.45, 2.75) is 18.4 Å². The van der Waals surface area contributed by atoms with E-state index in [4.69, 9.17) is 4.74 Å². The molecule has 0 aliphatic rings. The summed E-state index contributed by atoms with van der Waals surface area (Å²) >= 11 is 0. The molecule has 0 fully saturated rings. The van der Waals surface area contributed by atoms with Crippen LogP contribution in [0.15, 0.2) is 47.5 Å². The highest BCUT2D eigenvalue weighted by Crippen LogP contribution is 2.23. The molecular weight excluding hydrogens is 319 g/mol. The van der Waals surface area contributed by atoms with Gasteiger partial charge in [0, 0.05) is 25.4 Å². The Labute approximate surface area is 135 Å². The first kappa shape index (κ1) is 17.5. The predicted molar refractivity (Wildman–Crippen MR) is 84.8 cm³/mol. The van der Waals surface area contributed by atoms with Gasteiger partial charge in [-0.25, -0.2) is 12.8 Å². The van der Waals surface area contributed by atoms with Crippen LogP contribution in [-0.4, -0.2) is 38.0 Å². The van der Waals surface area contributed by atoms with Crippen LogP contribution in [0.5, 0.6) is 0 Å². The summed E-state index contributed by atoms with van der Waals surface area (Å²) in [5.41, 5.74) is 0.720. The van der Waals surface area contributed by atoms with Crippen LogP contribution in [0.4, 0.5) is 4.39 Å². The van der Waals surface area contributed by atoms with E-state index in [1.54, 1.807) is 24.4 Å². The summed E-state index contributed by atoms with van der Waals surface area (Å²) in [6, 6.07) is 9.34.